The predicted molar refractivity (Wildman–Crippen MR) is 74.8 cm³/mol. The monoisotopic (exact) mass is 263 g/mol. The van der Waals surface area contributed by atoms with Crippen LogP contribution in [0.3, 0.4) is 0 Å². The molecule has 104 valence electrons. The van der Waals surface area contributed by atoms with Gasteiger partial charge in [0.25, 0.3) is 0 Å². The van der Waals surface area contributed by atoms with Crippen LogP contribution in [0.4, 0.5) is 5.69 Å². The van der Waals surface area contributed by atoms with Gasteiger partial charge < -0.3 is 19.2 Å². The molecule has 0 aliphatic carbocycles. The lowest BCUT2D eigenvalue weighted by Gasteiger charge is -2.36. The van der Waals surface area contributed by atoms with E-state index >= 15 is 0 Å². The first-order valence-corrected chi connectivity index (χ1v) is 6.58. The van der Waals surface area contributed by atoms with E-state index in [4.69, 9.17) is 9.47 Å². The summed E-state index contributed by atoms with van der Waals surface area (Å²) in [5, 5.41) is 0. The van der Waals surface area contributed by atoms with Crippen molar-refractivity contribution in [2.45, 2.75) is 12.8 Å². The molecule has 1 aliphatic rings. The Morgan fingerprint density at radius 1 is 1.42 bits per heavy atom. The van der Waals surface area contributed by atoms with Gasteiger partial charge in [-0.05, 0) is 25.0 Å². The lowest BCUT2D eigenvalue weighted by Crippen LogP contribution is -2.41. The number of hydrogen-bond donors (Lipinski definition) is 0. The molecule has 0 unspecified atom stereocenters. The molecule has 0 N–H and O–H groups in total. The number of benzene rings is 1. The summed E-state index contributed by atoms with van der Waals surface area (Å²) in [6, 6.07) is 7.89. The third-order valence-electron chi connectivity index (χ3n) is 3.78. The number of hydrogen-bond acceptors (Lipinski definition) is 4. The van der Waals surface area contributed by atoms with Crippen molar-refractivity contribution in [3.05, 3.63) is 24.3 Å². The second-order valence-electron chi connectivity index (χ2n) is 5.15. The first kappa shape index (κ1) is 13.9. The van der Waals surface area contributed by atoms with Gasteiger partial charge in [-0.2, -0.15) is 0 Å². The van der Waals surface area contributed by atoms with Crippen LogP contribution in [-0.2, 0) is 9.53 Å². The summed E-state index contributed by atoms with van der Waals surface area (Å²) in [6.07, 6.45) is 2.70. The van der Waals surface area contributed by atoms with Crippen molar-refractivity contribution in [2.24, 2.45) is 5.41 Å². The van der Waals surface area contributed by atoms with Crippen LogP contribution in [-0.4, -0.2) is 40.2 Å². The third kappa shape index (κ3) is 3.26. The van der Waals surface area contributed by atoms with E-state index in [1.807, 2.05) is 31.3 Å². The van der Waals surface area contributed by atoms with Crippen LogP contribution in [0.25, 0.3) is 0 Å². The standard InChI is InChI=1S/C15H21NO3/c1-16(13-4-3-5-14(10-13)18-2)11-15(12-17)6-8-19-9-7-15/h3-5,10,12H,6-9,11H2,1-2H3. The molecule has 2 rings (SSSR count). The molecular formula is C15H21NO3. The maximum atomic E-state index is 11.5. The highest BCUT2D eigenvalue weighted by atomic mass is 16.5. The largest absolute Gasteiger partial charge is 0.497 e. The zero-order valence-electron chi connectivity index (χ0n) is 11.6. The van der Waals surface area contributed by atoms with Crippen molar-refractivity contribution in [3.8, 4) is 5.75 Å². The van der Waals surface area contributed by atoms with E-state index in [0.29, 0.717) is 19.8 Å². The Bertz CT molecular complexity index is 427. The SMILES string of the molecule is COc1cccc(N(C)CC2(C=O)CCOCC2)c1. The molecule has 4 nitrogen and oxygen atoms in total. The van der Waals surface area contributed by atoms with Gasteiger partial charge in [-0.1, -0.05) is 6.07 Å². The highest BCUT2D eigenvalue weighted by Gasteiger charge is 2.33. The molecule has 0 amide bonds. The second kappa shape index (κ2) is 6.06. The number of carbonyl (C=O) groups is 1. The van der Waals surface area contributed by atoms with Crippen molar-refractivity contribution in [1.29, 1.82) is 0 Å². The number of aldehydes is 1. The summed E-state index contributed by atoms with van der Waals surface area (Å²) < 4.78 is 10.6. The lowest BCUT2D eigenvalue weighted by atomic mass is 9.81. The smallest absolute Gasteiger partial charge is 0.128 e. The van der Waals surface area contributed by atoms with E-state index in [1.54, 1.807) is 7.11 Å². The van der Waals surface area contributed by atoms with Crippen LogP contribution >= 0.6 is 0 Å². The molecule has 0 spiro atoms. The van der Waals surface area contributed by atoms with Gasteiger partial charge in [-0.3, -0.25) is 0 Å². The maximum Gasteiger partial charge on any atom is 0.128 e. The summed E-state index contributed by atoms with van der Waals surface area (Å²) >= 11 is 0. The van der Waals surface area contributed by atoms with Crippen molar-refractivity contribution < 1.29 is 14.3 Å². The second-order valence-corrected chi connectivity index (χ2v) is 5.15. The lowest BCUT2D eigenvalue weighted by molar-refractivity contribution is -0.120. The minimum Gasteiger partial charge on any atom is -0.497 e. The molecule has 19 heavy (non-hydrogen) atoms. The van der Waals surface area contributed by atoms with Gasteiger partial charge in [0.15, 0.2) is 0 Å². The molecule has 0 radical (unpaired) electrons. The number of ether oxygens (including phenoxy) is 2. The van der Waals surface area contributed by atoms with E-state index in [-0.39, 0.29) is 5.41 Å². The van der Waals surface area contributed by atoms with E-state index in [2.05, 4.69) is 4.90 Å². The van der Waals surface area contributed by atoms with Gasteiger partial charge in [0.2, 0.25) is 0 Å². The molecule has 1 saturated heterocycles. The summed E-state index contributed by atoms with van der Waals surface area (Å²) in [7, 11) is 3.67. The highest BCUT2D eigenvalue weighted by Crippen LogP contribution is 2.31. The molecule has 1 heterocycles. The van der Waals surface area contributed by atoms with Crippen molar-refractivity contribution in [2.75, 3.05) is 38.8 Å². The van der Waals surface area contributed by atoms with E-state index in [1.165, 1.54) is 0 Å². The number of methoxy groups -OCH3 is 1. The number of rotatable bonds is 5. The topological polar surface area (TPSA) is 38.8 Å². The first-order chi connectivity index (χ1) is 9.19. The minimum atomic E-state index is -0.282. The van der Waals surface area contributed by atoms with Gasteiger partial charge in [0.1, 0.15) is 12.0 Å². The van der Waals surface area contributed by atoms with E-state index in [9.17, 15) is 4.79 Å². The molecular weight excluding hydrogens is 242 g/mol. The molecule has 4 heteroatoms. The Hall–Kier alpha value is -1.55. The Morgan fingerprint density at radius 2 is 2.16 bits per heavy atom. The summed E-state index contributed by atoms with van der Waals surface area (Å²) in [6.45, 7) is 2.06. The van der Waals surface area contributed by atoms with Gasteiger partial charge in [0.05, 0.1) is 7.11 Å². The van der Waals surface area contributed by atoms with Crippen molar-refractivity contribution >= 4 is 12.0 Å². The van der Waals surface area contributed by atoms with Crippen LogP contribution in [0.2, 0.25) is 0 Å². The van der Waals surface area contributed by atoms with Gasteiger partial charge in [-0.15, -0.1) is 0 Å². The van der Waals surface area contributed by atoms with Crippen LogP contribution < -0.4 is 9.64 Å². The molecule has 0 aromatic heterocycles. The zero-order chi connectivity index (χ0) is 13.7. The Labute approximate surface area is 114 Å². The number of nitrogens with zero attached hydrogens (tertiary/aromatic N) is 1. The fourth-order valence-electron chi connectivity index (χ4n) is 2.50. The first-order valence-electron chi connectivity index (χ1n) is 6.58. The van der Waals surface area contributed by atoms with Crippen LogP contribution in [0, 0.1) is 5.41 Å². The average Bonchev–Trinajstić information content (AvgIpc) is 2.48. The summed E-state index contributed by atoms with van der Waals surface area (Å²) in [4.78, 5) is 13.6. The molecule has 1 aliphatic heterocycles. The molecule has 0 bridgehead atoms. The number of carbonyl (C=O) groups excluding carboxylic acids is 1. The van der Waals surface area contributed by atoms with Gasteiger partial charge >= 0.3 is 0 Å². The van der Waals surface area contributed by atoms with Gasteiger partial charge in [-0.25, -0.2) is 0 Å². The van der Waals surface area contributed by atoms with Crippen molar-refractivity contribution in [3.63, 3.8) is 0 Å². The molecule has 0 atom stereocenters. The van der Waals surface area contributed by atoms with Crippen LogP contribution in [0.15, 0.2) is 24.3 Å². The summed E-state index contributed by atoms with van der Waals surface area (Å²) in [5.74, 6) is 0.830. The molecule has 1 fully saturated rings. The highest BCUT2D eigenvalue weighted by molar-refractivity contribution is 5.62. The van der Waals surface area contributed by atoms with Crippen LogP contribution in [0.1, 0.15) is 12.8 Å². The third-order valence-corrected chi connectivity index (χ3v) is 3.78. The predicted octanol–water partition coefficient (Wildman–Crippen LogP) is 2.13. The molecule has 1 aromatic rings. The molecule has 1 aromatic carbocycles. The maximum absolute atomic E-state index is 11.5. The van der Waals surface area contributed by atoms with E-state index < -0.39 is 0 Å². The van der Waals surface area contributed by atoms with Crippen molar-refractivity contribution in [1.82, 2.24) is 0 Å². The van der Waals surface area contributed by atoms with Crippen LogP contribution in [0.5, 0.6) is 5.75 Å². The average molecular weight is 263 g/mol. The fourth-order valence-corrected chi connectivity index (χ4v) is 2.50. The zero-order valence-corrected chi connectivity index (χ0v) is 11.6. The van der Waals surface area contributed by atoms with E-state index in [0.717, 1.165) is 30.6 Å². The Morgan fingerprint density at radius 3 is 2.79 bits per heavy atom. The number of anilines is 1. The molecule has 0 saturated carbocycles. The minimum absolute atomic E-state index is 0.282. The quantitative estimate of drug-likeness (QED) is 0.763. The summed E-state index contributed by atoms with van der Waals surface area (Å²) in [5.41, 5.74) is 0.780. The Balaban J connectivity index is 2.10. The fraction of sp³-hybridized carbons (Fsp3) is 0.533. The Kier molecular flexibility index (Phi) is 4.43. The van der Waals surface area contributed by atoms with Gasteiger partial charge in [0, 0.05) is 44.0 Å². The normalized spacial score (nSPS) is 17.8.